The number of rotatable bonds is 11. The number of esters is 1. The minimum absolute atomic E-state index is 0.0221. The Morgan fingerprint density at radius 2 is 1.90 bits per heavy atom. The highest BCUT2D eigenvalue weighted by Gasteiger charge is 2.26. The molecule has 1 aromatic rings. The number of carbonyl (C=O) groups excluding carboxylic acids is 1. The van der Waals surface area contributed by atoms with E-state index in [9.17, 15) is 9.90 Å². The van der Waals surface area contributed by atoms with Crippen LogP contribution in [0.25, 0.3) is 0 Å². The summed E-state index contributed by atoms with van der Waals surface area (Å²) in [6, 6.07) is 2.02. The molecule has 158 valence electrons. The van der Waals surface area contributed by atoms with Crippen LogP contribution in [0.4, 0.5) is 0 Å². The first-order chi connectivity index (χ1) is 13.9. The molecule has 0 bridgehead atoms. The van der Waals surface area contributed by atoms with Gasteiger partial charge in [0.25, 0.3) is 0 Å². The second-order valence-electron chi connectivity index (χ2n) is 8.07. The molecule has 0 spiro atoms. The molecule has 2 heterocycles. The van der Waals surface area contributed by atoms with Crippen molar-refractivity contribution in [1.82, 2.24) is 0 Å². The van der Waals surface area contributed by atoms with Crippen molar-refractivity contribution in [3.63, 3.8) is 0 Å². The van der Waals surface area contributed by atoms with Crippen LogP contribution in [0.5, 0.6) is 0 Å². The number of aliphatic hydroxyl groups excluding tert-OH is 1. The minimum Gasteiger partial charge on any atom is -0.504 e. The Morgan fingerprint density at radius 1 is 1.17 bits per heavy atom. The van der Waals surface area contributed by atoms with Crippen molar-refractivity contribution in [3.05, 3.63) is 70.6 Å². The zero-order chi connectivity index (χ0) is 21.2. The van der Waals surface area contributed by atoms with Crippen molar-refractivity contribution < 1.29 is 19.1 Å². The van der Waals surface area contributed by atoms with Crippen LogP contribution in [0, 0.1) is 5.92 Å². The molecule has 1 atom stereocenters. The standard InChI is InChI=1S/C25H34O4/c1-18(8-5-9-19(2)11-7-13-22-14-15-28-17-22)10-6-12-20(3)16-23-24(26)21(4)25(27)29-23/h8,11,14-17,20,26H,5-7,9-10,12-13H2,1-4H3/b18-8+,19-11+,23-16+/t20-/m1/s1. The van der Waals surface area contributed by atoms with Gasteiger partial charge in [-0.1, -0.05) is 30.2 Å². The van der Waals surface area contributed by atoms with Gasteiger partial charge in [0.1, 0.15) is 0 Å². The van der Waals surface area contributed by atoms with E-state index in [4.69, 9.17) is 9.15 Å². The zero-order valence-electron chi connectivity index (χ0n) is 18.2. The van der Waals surface area contributed by atoms with Crippen LogP contribution in [-0.2, 0) is 16.0 Å². The lowest BCUT2D eigenvalue weighted by atomic mass is 9.99. The Balaban J connectivity index is 1.63. The lowest BCUT2D eigenvalue weighted by molar-refractivity contribution is -0.133. The van der Waals surface area contributed by atoms with Gasteiger partial charge in [-0.05, 0) is 89.3 Å². The number of hydrogen-bond acceptors (Lipinski definition) is 4. The van der Waals surface area contributed by atoms with E-state index in [0.29, 0.717) is 5.76 Å². The molecule has 4 nitrogen and oxygen atoms in total. The Labute approximate surface area is 174 Å². The summed E-state index contributed by atoms with van der Waals surface area (Å²) in [4.78, 5) is 11.4. The van der Waals surface area contributed by atoms with E-state index < -0.39 is 5.97 Å². The van der Waals surface area contributed by atoms with Crippen LogP contribution in [0.2, 0.25) is 0 Å². The minimum atomic E-state index is -0.453. The second-order valence-corrected chi connectivity index (χ2v) is 8.07. The fourth-order valence-electron chi connectivity index (χ4n) is 3.33. The number of allylic oxidation sites excluding steroid dienone is 5. The van der Waals surface area contributed by atoms with Crippen LogP contribution in [-0.4, -0.2) is 11.1 Å². The van der Waals surface area contributed by atoms with E-state index in [1.165, 1.54) is 16.7 Å². The molecule has 4 heteroatoms. The van der Waals surface area contributed by atoms with Gasteiger partial charge in [0.2, 0.25) is 0 Å². The number of cyclic esters (lactones) is 1. The smallest absolute Gasteiger partial charge is 0.343 e. The van der Waals surface area contributed by atoms with Crippen molar-refractivity contribution in [3.8, 4) is 0 Å². The number of hydrogen-bond donors (Lipinski definition) is 1. The third-order valence-corrected chi connectivity index (χ3v) is 5.30. The average Bonchev–Trinajstić information content (AvgIpc) is 3.27. The van der Waals surface area contributed by atoms with Crippen LogP contribution in [0.1, 0.15) is 71.8 Å². The lowest BCUT2D eigenvalue weighted by Crippen LogP contribution is -1.97. The molecule has 1 aliphatic heterocycles. The Hall–Kier alpha value is -2.49. The number of aryl methyl sites for hydroxylation is 1. The van der Waals surface area contributed by atoms with Gasteiger partial charge in [0.05, 0.1) is 18.1 Å². The molecule has 1 aliphatic rings. The van der Waals surface area contributed by atoms with Crippen molar-refractivity contribution in [2.75, 3.05) is 0 Å². The maximum atomic E-state index is 11.4. The summed E-state index contributed by atoms with van der Waals surface area (Å²) in [6.45, 7) is 8.05. The van der Waals surface area contributed by atoms with E-state index in [-0.39, 0.29) is 17.3 Å². The van der Waals surface area contributed by atoms with Crippen LogP contribution < -0.4 is 0 Å². The third kappa shape index (κ3) is 7.80. The fraction of sp³-hybridized carbons (Fsp3) is 0.480. The lowest BCUT2D eigenvalue weighted by Gasteiger charge is -2.08. The van der Waals surface area contributed by atoms with Crippen molar-refractivity contribution in [2.24, 2.45) is 5.92 Å². The summed E-state index contributed by atoms with van der Waals surface area (Å²) < 4.78 is 10.2. The molecule has 2 rings (SSSR count). The number of aliphatic hydroxyl groups is 1. The van der Waals surface area contributed by atoms with Crippen molar-refractivity contribution >= 4 is 5.97 Å². The first kappa shape index (κ1) is 22.8. The van der Waals surface area contributed by atoms with E-state index in [1.54, 1.807) is 13.2 Å². The second kappa shape index (κ2) is 11.5. The summed E-state index contributed by atoms with van der Waals surface area (Å²) in [6.07, 6.45) is 17.4. The van der Waals surface area contributed by atoms with Gasteiger partial charge >= 0.3 is 5.97 Å². The molecule has 0 unspecified atom stereocenters. The van der Waals surface area contributed by atoms with Crippen LogP contribution in [0.15, 0.2) is 69.5 Å². The van der Waals surface area contributed by atoms with E-state index in [1.807, 2.05) is 18.4 Å². The first-order valence-electron chi connectivity index (χ1n) is 10.5. The topological polar surface area (TPSA) is 59.7 Å². The van der Waals surface area contributed by atoms with Gasteiger partial charge in [0, 0.05) is 0 Å². The van der Waals surface area contributed by atoms with Gasteiger partial charge in [0.15, 0.2) is 11.5 Å². The average molecular weight is 399 g/mol. The molecule has 1 aromatic heterocycles. The van der Waals surface area contributed by atoms with E-state index >= 15 is 0 Å². The van der Waals surface area contributed by atoms with Gasteiger partial charge < -0.3 is 14.3 Å². The highest BCUT2D eigenvalue weighted by atomic mass is 16.6. The zero-order valence-corrected chi connectivity index (χ0v) is 18.2. The fourth-order valence-corrected chi connectivity index (χ4v) is 3.33. The number of ether oxygens (including phenoxy) is 1. The van der Waals surface area contributed by atoms with Gasteiger partial charge in [-0.25, -0.2) is 4.79 Å². The number of furan rings is 1. The maximum Gasteiger partial charge on any atom is 0.343 e. The summed E-state index contributed by atoms with van der Waals surface area (Å²) in [7, 11) is 0. The van der Waals surface area contributed by atoms with Crippen molar-refractivity contribution in [2.45, 2.75) is 72.6 Å². The largest absolute Gasteiger partial charge is 0.504 e. The van der Waals surface area contributed by atoms with Crippen LogP contribution in [0.3, 0.4) is 0 Å². The first-order valence-corrected chi connectivity index (χ1v) is 10.5. The highest BCUT2D eigenvalue weighted by Crippen LogP contribution is 2.26. The molecular weight excluding hydrogens is 364 g/mol. The number of carbonyl (C=O) groups is 1. The molecular formula is C25H34O4. The SMILES string of the molecule is CC1=C(O)/C(=C\[C@H](C)CCC/C(C)=C/CC/C(C)=C/CCc2ccoc2)OC1=O. The predicted molar refractivity (Wildman–Crippen MR) is 116 cm³/mol. The van der Waals surface area contributed by atoms with Crippen LogP contribution >= 0.6 is 0 Å². The van der Waals surface area contributed by atoms with Crippen molar-refractivity contribution in [1.29, 1.82) is 0 Å². The summed E-state index contributed by atoms with van der Waals surface area (Å²) in [5.74, 6) is 0.0815. The van der Waals surface area contributed by atoms with E-state index in [2.05, 4.69) is 32.9 Å². The molecule has 0 saturated carbocycles. The maximum absolute atomic E-state index is 11.4. The Morgan fingerprint density at radius 3 is 2.55 bits per heavy atom. The predicted octanol–water partition coefficient (Wildman–Crippen LogP) is 6.96. The van der Waals surface area contributed by atoms with Gasteiger partial charge in [-0.15, -0.1) is 0 Å². The molecule has 0 aliphatic carbocycles. The molecule has 0 fully saturated rings. The molecule has 0 aromatic carbocycles. The van der Waals surface area contributed by atoms with E-state index in [0.717, 1.165) is 44.9 Å². The van der Waals surface area contributed by atoms with Gasteiger partial charge in [-0.3, -0.25) is 0 Å². The summed E-state index contributed by atoms with van der Waals surface area (Å²) in [5, 5.41) is 9.88. The monoisotopic (exact) mass is 398 g/mol. The highest BCUT2D eigenvalue weighted by molar-refractivity contribution is 5.93. The molecule has 0 radical (unpaired) electrons. The third-order valence-electron chi connectivity index (χ3n) is 5.30. The Bertz CT molecular complexity index is 791. The molecule has 0 saturated heterocycles. The summed E-state index contributed by atoms with van der Waals surface area (Å²) in [5.41, 5.74) is 4.39. The molecule has 0 amide bonds. The molecule has 1 N–H and O–H groups in total. The van der Waals surface area contributed by atoms with Gasteiger partial charge in [-0.2, -0.15) is 0 Å². The normalized spacial score (nSPS) is 17.9. The summed E-state index contributed by atoms with van der Waals surface area (Å²) >= 11 is 0. The molecule has 29 heavy (non-hydrogen) atoms. The Kier molecular flexibility index (Phi) is 9.04. The quantitative estimate of drug-likeness (QED) is 0.323.